The predicted octanol–water partition coefficient (Wildman–Crippen LogP) is 13.8. The van der Waals surface area contributed by atoms with Crippen molar-refractivity contribution in [3.05, 3.63) is 206 Å². The molecule has 0 saturated heterocycles. The molecular weight excluding hydrogens is 629 g/mol. The maximum absolute atomic E-state index is 2.46. The van der Waals surface area contributed by atoms with Gasteiger partial charge in [-0.2, -0.15) is 0 Å². The summed E-state index contributed by atoms with van der Waals surface area (Å²) in [6.45, 7) is 0. The van der Waals surface area contributed by atoms with E-state index in [1.807, 2.05) is 0 Å². The van der Waals surface area contributed by atoms with E-state index in [9.17, 15) is 0 Å². The van der Waals surface area contributed by atoms with Crippen LogP contribution in [0.1, 0.15) is 17.9 Å². The van der Waals surface area contributed by atoms with Crippen molar-refractivity contribution in [3.63, 3.8) is 0 Å². The van der Waals surface area contributed by atoms with E-state index in [0.29, 0.717) is 5.92 Å². The second-order valence-electron chi connectivity index (χ2n) is 13.7. The molecule has 52 heavy (non-hydrogen) atoms. The minimum Gasteiger partial charge on any atom is -0.310 e. The molecule has 0 saturated carbocycles. The molecular formula is C50H36N2. The van der Waals surface area contributed by atoms with E-state index in [-0.39, 0.29) is 0 Å². The largest absolute Gasteiger partial charge is 0.310 e. The average Bonchev–Trinajstić information content (AvgIpc) is 3.57. The summed E-state index contributed by atoms with van der Waals surface area (Å²) in [6, 6.07) is 64.4. The van der Waals surface area contributed by atoms with E-state index < -0.39 is 0 Å². The van der Waals surface area contributed by atoms with Gasteiger partial charge in [0.25, 0.3) is 0 Å². The lowest BCUT2D eigenvalue weighted by molar-refractivity contribution is 0.852. The lowest BCUT2D eigenvalue weighted by Gasteiger charge is -2.30. The normalized spacial score (nSPS) is 14.1. The van der Waals surface area contributed by atoms with Gasteiger partial charge in [-0.05, 0) is 93.9 Å². The highest BCUT2D eigenvalue weighted by Gasteiger charge is 2.23. The second-order valence-corrected chi connectivity index (χ2v) is 13.7. The molecule has 1 aliphatic carbocycles. The Morgan fingerprint density at radius 1 is 0.519 bits per heavy atom. The highest BCUT2D eigenvalue weighted by molar-refractivity contribution is 6.24. The Kier molecular flexibility index (Phi) is 7.32. The van der Waals surface area contributed by atoms with Gasteiger partial charge in [0.15, 0.2) is 0 Å². The van der Waals surface area contributed by atoms with Gasteiger partial charge >= 0.3 is 0 Å². The Balaban J connectivity index is 1.24. The molecule has 1 unspecified atom stereocenters. The van der Waals surface area contributed by atoms with E-state index in [1.165, 1.54) is 65.7 Å². The zero-order chi connectivity index (χ0) is 34.4. The first kappa shape index (κ1) is 30.2. The van der Waals surface area contributed by atoms with Crippen LogP contribution in [-0.2, 0) is 0 Å². The van der Waals surface area contributed by atoms with Crippen LogP contribution in [0.5, 0.6) is 0 Å². The molecule has 0 radical (unpaired) electrons. The maximum atomic E-state index is 2.46. The lowest BCUT2D eigenvalue weighted by Crippen LogP contribution is -2.13. The van der Waals surface area contributed by atoms with Crippen LogP contribution < -0.4 is 4.90 Å². The van der Waals surface area contributed by atoms with Crippen LogP contribution in [0.3, 0.4) is 0 Å². The Morgan fingerprint density at radius 3 is 2.12 bits per heavy atom. The lowest BCUT2D eigenvalue weighted by atomic mass is 9.90. The highest BCUT2D eigenvalue weighted by Crippen LogP contribution is 2.46. The molecule has 1 heterocycles. The fourth-order valence-corrected chi connectivity index (χ4v) is 8.28. The molecule has 10 rings (SSSR count). The minimum atomic E-state index is 0.302. The Bertz CT molecular complexity index is 2840. The topological polar surface area (TPSA) is 8.17 Å². The first-order chi connectivity index (χ1) is 25.8. The smallest absolute Gasteiger partial charge is 0.0625 e. The number of rotatable bonds is 6. The summed E-state index contributed by atoms with van der Waals surface area (Å²) in [6.07, 6.45) is 9.94. The number of para-hydroxylation sites is 3. The first-order valence-electron chi connectivity index (χ1n) is 18.1. The Morgan fingerprint density at radius 2 is 1.25 bits per heavy atom. The number of benzene rings is 8. The summed E-state index contributed by atoms with van der Waals surface area (Å²) in [5.41, 5.74) is 10.8. The van der Waals surface area contributed by atoms with Crippen molar-refractivity contribution in [2.24, 2.45) is 0 Å². The van der Waals surface area contributed by atoms with E-state index in [0.717, 1.165) is 23.5 Å². The molecule has 8 aromatic carbocycles. The fourth-order valence-electron chi connectivity index (χ4n) is 8.28. The number of allylic oxidation sites excluding steroid dienone is 4. The fraction of sp³-hybridized carbons (Fsp3) is 0.0400. The van der Waals surface area contributed by atoms with Gasteiger partial charge in [-0.3, -0.25) is 0 Å². The average molecular weight is 665 g/mol. The van der Waals surface area contributed by atoms with Crippen molar-refractivity contribution in [3.8, 4) is 16.8 Å². The quantitative estimate of drug-likeness (QED) is 0.172. The number of fused-ring (bicyclic) bond motifs is 6. The van der Waals surface area contributed by atoms with Crippen molar-refractivity contribution in [1.29, 1.82) is 0 Å². The van der Waals surface area contributed by atoms with Crippen molar-refractivity contribution in [2.75, 3.05) is 4.90 Å². The van der Waals surface area contributed by atoms with Gasteiger partial charge < -0.3 is 9.47 Å². The van der Waals surface area contributed by atoms with Crippen molar-refractivity contribution in [2.45, 2.75) is 12.3 Å². The third-order valence-electron chi connectivity index (χ3n) is 10.6. The van der Waals surface area contributed by atoms with Gasteiger partial charge in [0.1, 0.15) is 0 Å². The molecule has 0 spiro atoms. The zero-order valence-electron chi connectivity index (χ0n) is 28.7. The van der Waals surface area contributed by atoms with E-state index in [4.69, 9.17) is 0 Å². The van der Waals surface area contributed by atoms with Crippen LogP contribution in [0.4, 0.5) is 17.1 Å². The number of anilines is 3. The third kappa shape index (κ3) is 5.03. The Labute approximate surface area is 303 Å². The van der Waals surface area contributed by atoms with Crippen LogP contribution in [0, 0.1) is 0 Å². The first-order valence-corrected chi connectivity index (χ1v) is 18.1. The molecule has 1 aromatic heterocycles. The predicted molar refractivity (Wildman–Crippen MR) is 222 cm³/mol. The van der Waals surface area contributed by atoms with Crippen LogP contribution in [-0.4, -0.2) is 4.57 Å². The summed E-state index contributed by atoms with van der Waals surface area (Å²) < 4.78 is 2.45. The van der Waals surface area contributed by atoms with Gasteiger partial charge in [0, 0.05) is 44.8 Å². The monoisotopic (exact) mass is 664 g/mol. The summed E-state index contributed by atoms with van der Waals surface area (Å²) in [7, 11) is 0. The van der Waals surface area contributed by atoms with Crippen LogP contribution in [0.15, 0.2) is 200 Å². The van der Waals surface area contributed by atoms with Crippen molar-refractivity contribution < 1.29 is 0 Å². The van der Waals surface area contributed by atoms with E-state index in [1.54, 1.807) is 0 Å². The minimum absolute atomic E-state index is 0.302. The molecule has 0 fully saturated rings. The number of nitrogens with zero attached hydrogens (tertiary/aromatic N) is 2. The summed E-state index contributed by atoms with van der Waals surface area (Å²) in [5.74, 6) is 0.302. The van der Waals surface area contributed by atoms with Gasteiger partial charge in [-0.15, -0.1) is 0 Å². The van der Waals surface area contributed by atoms with E-state index >= 15 is 0 Å². The van der Waals surface area contributed by atoms with Gasteiger partial charge in [-0.25, -0.2) is 0 Å². The SMILES string of the molecule is C1=CCC(c2ccccc2N(c2cccc(-c3cc4ccccc4c4c3c3ccccc3n4-c3ccccc3)c2)c2ccc3ccccc3c2)C=C1. The Hall–Kier alpha value is -6.64. The summed E-state index contributed by atoms with van der Waals surface area (Å²) in [4.78, 5) is 2.46. The van der Waals surface area contributed by atoms with Crippen LogP contribution in [0.2, 0.25) is 0 Å². The molecule has 2 nitrogen and oxygen atoms in total. The van der Waals surface area contributed by atoms with Crippen molar-refractivity contribution >= 4 is 60.4 Å². The standard InChI is InChI=1S/C50H36N2/c1-3-17-36(18-4-1)43-25-11-13-28-47(43)51(42-31-30-35-16-7-8-19-37(35)32-42)41-24-15-21-38(33-41)46-34-39-20-9-10-26-44(39)50-49(46)45-27-12-14-29-48(45)52(50)40-22-5-2-6-23-40/h1-17,19-34,36H,18H2. The molecule has 0 aliphatic heterocycles. The molecule has 0 N–H and O–H groups in total. The maximum Gasteiger partial charge on any atom is 0.0625 e. The second kappa shape index (κ2) is 12.6. The number of hydrogen-bond acceptors (Lipinski definition) is 1. The molecule has 2 heteroatoms. The molecule has 0 amide bonds. The number of hydrogen-bond donors (Lipinski definition) is 0. The summed E-state index contributed by atoms with van der Waals surface area (Å²) in [5, 5.41) is 7.46. The van der Waals surface area contributed by atoms with Crippen LogP contribution >= 0.6 is 0 Å². The number of aromatic nitrogens is 1. The highest BCUT2D eigenvalue weighted by atomic mass is 15.1. The van der Waals surface area contributed by atoms with Crippen LogP contribution in [0.25, 0.3) is 60.2 Å². The molecule has 0 bridgehead atoms. The molecule has 1 aliphatic rings. The molecule has 246 valence electrons. The zero-order valence-corrected chi connectivity index (χ0v) is 28.7. The van der Waals surface area contributed by atoms with E-state index in [2.05, 4.69) is 210 Å². The van der Waals surface area contributed by atoms with Gasteiger partial charge in [0.2, 0.25) is 0 Å². The molecule has 1 atom stereocenters. The third-order valence-corrected chi connectivity index (χ3v) is 10.6. The molecule has 9 aromatic rings. The van der Waals surface area contributed by atoms with Gasteiger partial charge in [-0.1, -0.05) is 146 Å². The van der Waals surface area contributed by atoms with Crippen molar-refractivity contribution in [1.82, 2.24) is 4.57 Å². The van der Waals surface area contributed by atoms with Gasteiger partial charge in [0.05, 0.1) is 11.0 Å². The summed E-state index contributed by atoms with van der Waals surface area (Å²) >= 11 is 0.